The second-order valence-corrected chi connectivity index (χ2v) is 6.26. The summed E-state index contributed by atoms with van der Waals surface area (Å²) < 4.78 is 0. The molecule has 0 bridgehead atoms. The van der Waals surface area contributed by atoms with Crippen molar-refractivity contribution in [2.75, 3.05) is 20.1 Å². The highest BCUT2D eigenvalue weighted by Crippen LogP contribution is 2.33. The zero-order valence-corrected chi connectivity index (χ0v) is 10.9. The molecule has 1 aliphatic heterocycles. The maximum absolute atomic E-state index is 2.65. The Morgan fingerprint density at radius 1 is 0.929 bits per heavy atom. The molecular weight excluding hydrogens is 172 g/mol. The molecule has 0 aromatic heterocycles. The summed E-state index contributed by atoms with van der Waals surface area (Å²) in [6.45, 7) is 16.3. The third-order valence-electron chi connectivity index (χ3n) is 3.13. The highest BCUT2D eigenvalue weighted by molar-refractivity contribution is 5.01. The third kappa shape index (κ3) is 2.12. The third-order valence-corrected chi connectivity index (χ3v) is 3.13. The number of nitrogens with zero attached hydrogens (tertiary/aromatic N) is 2. The monoisotopic (exact) mass is 198 g/mol. The molecular formula is C12H26N2. The molecule has 1 saturated heterocycles. The molecule has 1 heterocycles. The summed E-state index contributed by atoms with van der Waals surface area (Å²) in [6.07, 6.45) is 0. The lowest BCUT2D eigenvalue weighted by Crippen LogP contribution is -2.69. The summed E-state index contributed by atoms with van der Waals surface area (Å²) in [6, 6.07) is 0.619. The van der Waals surface area contributed by atoms with E-state index in [0.717, 1.165) is 13.1 Å². The largest absolute Gasteiger partial charge is 0.303 e. The maximum atomic E-state index is 2.65. The Labute approximate surface area is 89.3 Å². The van der Waals surface area contributed by atoms with Gasteiger partial charge in [0.2, 0.25) is 0 Å². The van der Waals surface area contributed by atoms with Crippen molar-refractivity contribution >= 4 is 0 Å². The van der Waals surface area contributed by atoms with Crippen LogP contribution in [0, 0.1) is 0 Å². The number of piperazine rings is 1. The zero-order valence-electron chi connectivity index (χ0n) is 10.9. The van der Waals surface area contributed by atoms with Crippen molar-refractivity contribution in [3.63, 3.8) is 0 Å². The highest BCUT2D eigenvalue weighted by Gasteiger charge is 2.44. The Morgan fingerprint density at radius 3 is 1.57 bits per heavy atom. The molecule has 0 spiro atoms. The van der Waals surface area contributed by atoms with Crippen molar-refractivity contribution in [1.29, 1.82) is 0 Å². The van der Waals surface area contributed by atoms with Gasteiger partial charge in [-0.1, -0.05) is 0 Å². The fourth-order valence-corrected chi connectivity index (χ4v) is 3.75. The molecule has 0 radical (unpaired) electrons. The van der Waals surface area contributed by atoms with Gasteiger partial charge < -0.3 is 4.90 Å². The van der Waals surface area contributed by atoms with Crippen LogP contribution in [0.5, 0.6) is 0 Å². The Balaban J connectivity index is 2.97. The molecule has 0 atom stereocenters. The van der Waals surface area contributed by atoms with Crippen LogP contribution >= 0.6 is 0 Å². The lowest BCUT2D eigenvalue weighted by Gasteiger charge is -2.57. The van der Waals surface area contributed by atoms with Crippen LogP contribution in [0.15, 0.2) is 0 Å². The first kappa shape index (κ1) is 12.0. The smallest absolute Gasteiger partial charge is 0.0288 e. The van der Waals surface area contributed by atoms with Crippen molar-refractivity contribution in [2.45, 2.75) is 58.7 Å². The molecule has 0 saturated carbocycles. The topological polar surface area (TPSA) is 6.48 Å². The minimum Gasteiger partial charge on any atom is -0.303 e. The van der Waals surface area contributed by atoms with E-state index in [0.29, 0.717) is 6.04 Å². The van der Waals surface area contributed by atoms with Gasteiger partial charge in [0.15, 0.2) is 0 Å². The van der Waals surface area contributed by atoms with Gasteiger partial charge in [-0.3, -0.25) is 4.90 Å². The van der Waals surface area contributed by atoms with E-state index in [4.69, 9.17) is 0 Å². The summed E-state index contributed by atoms with van der Waals surface area (Å²) in [5, 5.41) is 0. The molecule has 2 nitrogen and oxygen atoms in total. The summed E-state index contributed by atoms with van der Waals surface area (Å²) in [7, 11) is 2.22. The molecule has 0 aromatic rings. The van der Waals surface area contributed by atoms with Gasteiger partial charge in [0.25, 0.3) is 0 Å². The molecule has 2 heteroatoms. The van der Waals surface area contributed by atoms with Gasteiger partial charge in [-0.05, 0) is 48.6 Å². The van der Waals surface area contributed by atoms with E-state index in [9.17, 15) is 0 Å². The van der Waals surface area contributed by atoms with E-state index < -0.39 is 0 Å². The molecule has 1 fully saturated rings. The number of hydrogen-bond acceptors (Lipinski definition) is 2. The van der Waals surface area contributed by atoms with Crippen LogP contribution in [0.3, 0.4) is 0 Å². The van der Waals surface area contributed by atoms with E-state index in [-0.39, 0.29) is 11.1 Å². The highest BCUT2D eigenvalue weighted by atomic mass is 15.4. The van der Waals surface area contributed by atoms with Gasteiger partial charge in [0.1, 0.15) is 0 Å². The predicted octanol–water partition coefficient (Wildman–Crippen LogP) is 2.20. The molecule has 1 rings (SSSR count). The average molecular weight is 198 g/mol. The predicted molar refractivity (Wildman–Crippen MR) is 62.6 cm³/mol. The average Bonchev–Trinajstić information content (AvgIpc) is 1.75. The van der Waals surface area contributed by atoms with Gasteiger partial charge in [-0.15, -0.1) is 0 Å². The van der Waals surface area contributed by atoms with Crippen molar-refractivity contribution in [2.24, 2.45) is 0 Å². The van der Waals surface area contributed by atoms with Crippen LogP contribution in [0.4, 0.5) is 0 Å². The molecule has 0 unspecified atom stereocenters. The quantitative estimate of drug-likeness (QED) is 0.637. The molecule has 14 heavy (non-hydrogen) atoms. The molecule has 0 N–H and O–H groups in total. The van der Waals surface area contributed by atoms with Gasteiger partial charge in [0.05, 0.1) is 0 Å². The molecule has 0 aromatic carbocycles. The fraction of sp³-hybridized carbons (Fsp3) is 1.00. The first-order valence-electron chi connectivity index (χ1n) is 5.65. The molecule has 1 aliphatic rings. The molecule has 84 valence electrons. The number of likely N-dealkylation sites (N-methyl/N-ethyl adjacent to an activating group) is 1. The van der Waals surface area contributed by atoms with Gasteiger partial charge >= 0.3 is 0 Å². The lowest BCUT2D eigenvalue weighted by molar-refractivity contribution is -0.0802. The Morgan fingerprint density at radius 2 is 1.29 bits per heavy atom. The van der Waals surface area contributed by atoms with Crippen LogP contribution in [0.2, 0.25) is 0 Å². The zero-order chi connectivity index (χ0) is 11.1. The molecule has 0 aliphatic carbocycles. The first-order valence-corrected chi connectivity index (χ1v) is 5.65. The Bertz CT molecular complexity index is 188. The number of hydrogen-bond donors (Lipinski definition) is 0. The van der Waals surface area contributed by atoms with Crippen LogP contribution in [0.25, 0.3) is 0 Å². The fourth-order valence-electron chi connectivity index (χ4n) is 3.75. The van der Waals surface area contributed by atoms with E-state index in [1.54, 1.807) is 0 Å². The summed E-state index contributed by atoms with van der Waals surface area (Å²) in [5.74, 6) is 0. The number of rotatable bonds is 1. The van der Waals surface area contributed by atoms with Crippen LogP contribution in [0.1, 0.15) is 41.5 Å². The Hall–Kier alpha value is -0.0800. The van der Waals surface area contributed by atoms with E-state index in [1.165, 1.54) is 0 Å². The summed E-state index contributed by atoms with van der Waals surface area (Å²) in [4.78, 5) is 5.10. The van der Waals surface area contributed by atoms with Crippen LogP contribution < -0.4 is 0 Å². The van der Waals surface area contributed by atoms with Gasteiger partial charge in [-0.25, -0.2) is 0 Å². The maximum Gasteiger partial charge on any atom is 0.0288 e. The normalized spacial score (nSPS) is 28.3. The Kier molecular flexibility index (Phi) is 2.99. The second kappa shape index (κ2) is 3.49. The van der Waals surface area contributed by atoms with E-state index in [2.05, 4.69) is 58.4 Å². The molecule has 0 amide bonds. The first-order chi connectivity index (χ1) is 6.17. The summed E-state index contributed by atoms with van der Waals surface area (Å²) >= 11 is 0. The van der Waals surface area contributed by atoms with Crippen molar-refractivity contribution in [3.05, 3.63) is 0 Å². The van der Waals surface area contributed by atoms with Crippen molar-refractivity contribution in [3.8, 4) is 0 Å². The second-order valence-electron chi connectivity index (χ2n) is 6.26. The minimum absolute atomic E-state index is 0.282. The van der Waals surface area contributed by atoms with E-state index >= 15 is 0 Å². The minimum atomic E-state index is 0.282. The lowest BCUT2D eigenvalue weighted by atomic mass is 9.86. The standard InChI is InChI=1S/C12H26N2/c1-10(2)14-11(3,4)8-13(7)9-12(14,5)6/h10H,8-9H2,1-7H3. The van der Waals surface area contributed by atoms with Crippen LogP contribution in [-0.4, -0.2) is 47.1 Å². The summed E-state index contributed by atoms with van der Waals surface area (Å²) in [5.41, 5.74) is 0.565. The van der Waals surface area contributed by atoms with Crippen LogP contribution in [-0.2, 0) is 0 Å². The van der Waals surface area contributed by atoms with E-state index in [1.807, 2.05) is 0 Å². The SMILES string of the molecule is CC(C)N1C(C)(C)CN(C)CC1(C)C. The van der Waals surface area contributed by atoms with Gasteiger partial charge in [-0.2, -0.15) is 0 Å². The van der Waals surface area contributed by atoms with Crippen molar-refractivity contribution < 1.29 is 0 Å². The van der Waals surface area contributed by atoms with Crippen molar-refractivity contribution in [1.82, 2.24) is 9.80 Å². The van der Waals surface area contributed by atoms with Gasteiger partial charge in [0, 0.05) is 30.2 Å².